The van der Waals surface area contributed by atoms with Crippen LogP contribution in [0.15, 0.2) is 0 Å². The van der Waals surface area contributed by atoms with E-state index < -0.39 is 0 Å². The summed E-state index contributed by atoms with van der Waals surface area (Å²) in [6.07, 6.45) is 0. The van der Waals surface area contributed by atoms with Gasteiger partial charge in [0.1, 0.15) is 0 Å². The van der Waals surface area contributed by atoms with E-state index in [1.54, 1.807) is 7.11 Å². The van der Waals surface area contributed by atoms with Crippen LogP contribution in [0.3, 0.4) is 0 Å². The van der Waals surface area contributed by atoms with Gasteiger partial charge in [0.05, 0.1) is 19.8 Å². The molecule has 0 aromatic carbocycles. The number of methoxy groups -OCH3 is 1. The number of hydrogen-bond acceptors (Lipinski definition) is 3. The molecule has 0 atom stereocenters. The van der Waals surface area contributed by atoms with Crippen molar-refractivity contribution >= 4 is 0 Å². The summed E-state index contributed by atoms with van der Waals surface area (Å²) in [7, 11) is 1.72. The van der Waals surface area contributed by atoms with Crippen molar-refractivity contribution in [2.75, 3.05) is 40.0 Å². The Morgan fingerprint density at radius 3 is 2.73 bits per heavy atom. The summed E-state index contributed by atoms with van der Waals surface area (Å²) in [5.74, 6) is 0. The molecule has 1 fully saturated rings. The van der Waals surface area contributed by atoms with Crippen molar-refractivity contribution < 1.29 is 9.47 Å². The van der Waals surface area contributed by atoms with Crippen LogP contribution in [0.1, 0.15) is 6.92 Å². The molecule has 0 aromatic heterocycles. The Labute approximate surface area is 68.1 Å². The van der Waals surface area contributed by atoms with Gasteiger partial charge in [0.15, 0.2) is 0 Å². The first kappa shape index (κ1) is 8.97. The largest absolute Gasteiger partial charge is 0.383 e. The smallest absolute Gasteiger partial charge is 0.0587 e. The average Bonchev–Trinajstić information content (AvgIpc) is 1.95. The van der Waals surface area contributed by atoms with Crippen molar-refractivity contribution in [2.45, 2.75) is 6.92 Å². The molecule has 0 bridgehead atoms. The molecule has 1 N–H and O–H groups in total. The molecule has 3 heteroatoms. The summed E-state index contributed by atoms with van der Waals surface area (Å²) < 4.78 is 10.0. The van der Waals surface area contributed by atoms with Gasteiger partial charge in [-0.05, 0) is 0 Å². The average molecular weight is 159 g/mol. The zero-order chi connectivity index (χ0) is 8.16. The zero-order valence-corrected chi connectivity index (χ0v) is 7.35. The summed E-state index contributed by atoms with van der Waals surface area (Å²) in [5.41, 5.74) is 0.383. The van der Waals surface area contributed by atoms with Crippen LogP contribution >= 0.6 is 0 Å². The highest BCUT2D eigenvalue weighted by Gasteiger charge is 2.32. The van der Waals surface area contributed by atoms with Crippen molar-refractivity contribution in [3.8, 4) is 0 Å². The molecule has 3 nitrogen and oxygen atoms in total. The second-order valence-electron chi connectivity index (χ2n) is 3.47. The van der Waals surface area contributed by atoms with Crippen LogP contribution in [0.25, 0.3) is 0 Å². The molecule has 1 saturated heterocycles. The maximum atomic E-state index is 5.12. The number of ether oxygens (including phenoxy) is 2. The van der Waals surface area contributed by atoms with Gasteiger partial charge in [0.25, 0.3) is 0 Å². The van der Waals surface area contributed by atoms with Gasteiger partial charge >= 0.3 is 0 Å². The Balaban J connectivity index is 1.94. The molecular formula is C8H17NO2. The van der Waals surface area contributed by atoms with Crippen LogP contribution in [-0.4, -0.2) is 40.0 Å². The van der Waals surface area contributed by atoms with Gasteiger partial charge in [-0.3, -0.25) is 0 Å². The minimum absolute atomic E-state index is 0.383. The Bertz CT molecular complexity index is 113. The molecule has 0 amide bonds. The topological polar surface area (TPSA) is 30.5 Å². The molecule has 0 unspecified atom stereocenters. The molecule has 0 aromatic rings. The summed E-state index contributed by atoms with van der Waals surface area (Å²) in [4.78, 5) is 0. The molecule has 0 spiro atoms. The van der Waals surface area contributed by atoms with Crippen molar-refractivity contribution in [2.24, 2.45) is 5.41 Å². The van der Waals surface area contributed by atoms with E-state index in [-0.39, 0.29) is 0 Å². The van der Waals surface area contributed by atoms with Crippen LogP contribution in [0.2, 0.25) is 0 Å². The number of hydrogen-bond donors (Lipinski definition) is 1. The highest BCUT2D eigenvalue weighted by atomic mass is 16.5. The highest BCUT2D eigenvalue weighted by molar-refractivity contribution is 4.82. The quantitative estimate of drug-likeness (QED) is 0.584. The molecule has 66 valence electrons. The van der Waals surface area contributed by atoms with Crippen molar-refractivity contribution in [1.82, 2.24) is 5.32 Å². The SMILES string of the molecule is COCCNCC1(C)COC1. The third-order valence-corrected chi connectivity index (χ3v) is 1.94. The fourth-order valence-corrected chi connectivity index (χ4v) is 1.12. The van der Waals surface area contributed by atoms with Crippen molar-refractivity contribution in [3.05, 3.63) is 0 Å². The molecule has 11 heavy (non-hydrogen) atoms. The van der Waals surface area contributed by atoms with E-state index in [1.807, 2.05) is 0 Å². The number of rotatable bonds is 5. The number of nitrogens with one attached hydrogen (secondary N) is 1. The standard InChI is InChI=1S/C8H17NO2/c1-8(6-11-7-8)5-9-3-4-10-2/h9H,3-7H2,1-2H3. The minimum atomic E-state index is 0.383. The lowest BCUT2D eigenvalue weighted by atomic mass is 9.89. The second kappa shape index (κ2) is 4.04. The Morgan fingerprint density at radius 2 is 2.27 bits per heavy atom. The third-order valence-electron chi connectivity index (χ3n) is 1.94. The van der Waals surface area contributed by atoms with Gasteiger partial charge in [0.2, 0.25) is 0 Å². The van der Waals surface area contributed by atoms with Crippen LogP contribution in [0, 0.1) is 5.41 Å². The molecular weight excluding hydrogens is 142 g/mol. The van der Waals surface area contributed by atoms with Gasteiger partial charge in [-0.2, -0.15) is 0 Å². The van der Waals surface area contributed by atoms with Crippen LogP contribution < -0.4 is 5.32 Å². The first-order chi connectivity index (χ1) is 5.27. The summed E-state index contributed by atoms with van der Waals surface area (Å²) in [6, 6.07) is 0. The lowest BCUT2D eigenvalue weighted by Crippen LogP contribution is -2.47. The summed E-state index contributed by atoms with van der Waals surface area (Å²) in [6.45, 7) is 6.79. The fraction of sp³-hybridized carbons (Fsp3) is 1.00. The van der Waals surface area contributed by atoms with Crippen LogP contribution in [-0.2, 0) is 9.47 Å². The van der Waals surface area contributed by atoms with Gasteiger partial charge in [-0.1, -0.05) is 6.92 Å². The predicted octanol–water partition coefficient (Wildman–Crippen LogP) is 0.259. The van der Waals surface area contributed by atoms with Gasteiger partial charge in [0, 0.05) is 25.6 Å². The van der Waals surface area contributed by atoms with E-state index in [2.05, 4.69) is 12.2 Å². The Hall–Kier alpha value is -0.120. The minimum Gasteiger partial charge on any atom is -0.383 e. The van der Waals surface area contributed by atoms with E-state index >= 15 is 0 Å². The van der Waals surface area contributed by atoms with Gasteiger partial charge < -0.3 is 14.8 Å². The zero-order valence-electron chi connectivity index (χ0n) is 7.35. The Morgan fingerprint density at radius 1 is 1.55 bits per heavy atom. The molecule has 1 heterocycles. The van der Waals surface area contributed by atoms with Crippen LogP contribution in [0.5, 0.6) is 0 Å². The van der Waals surface area contributed by atoms with E-state index in [4.69, 9.17) is 9.47 Å². The summed E-state index contributed by atoms with van der Waals surface area (Å²) >= 11 is 0. The first-order valence-corrected chi connectivity index (χ1v) is 4.04. The summed E-state index contributed by atoms with van der Waals surface area (Å²) in [5, 5.41) is 3.32. The lowest BCUT2D eigenvalue weighted by Gasteiger charge is -2.38. The predicted molar refractivity (Wildman–Crippen MR) is 43.7 cm³/mol. The molecule has 1 rings (SSSR count). The first-order valence-electron chi connectivity index (χ1n) is 4.04. The van der Waals surface area contributed by atoms with Gasteiger partial charge in [-0.15, -0.1) is 0 Å². The van der Waals surface area contributed by atoms with E-state index in [0.717, 1.165) is 32.9 Å². The van der Waals surface area contributed by atoms with Crippen LogP contribution in [0.4, 0.5) is 0 Å². The maximum absolute atomic E-state index is 5.12. The maximum Gasteiger partial charge on any atom is 0.0587 e. The third kappa shape index (κ3) is 2.77. The molecule has 0 aliphatic carbocycles. The van der Waals surface area contributed by atoms with Crippen molar-refractivity contribution in [3.63, 3.8) is 0 Å². The molecule has 0 radical (unpaired) electrons. The molecule has 0 saturated carbocycles. The second-order valence-corrected chi connectivity index (χ2v) is 3.47. The molecule has 1 aliphatic heterocycles. The lowest BCUT2D eigenvalue weighted by molar-refractivity contribution is -0.0992. The van der Waals surface area contributed by atoms with E-state index in [1.165, 1.54) is 0 Å². The van der Waals surface area contributed by atoms with E-state index in [9.17, 15) is 0 Å². The van der Waals surface area contributed by atoms with Crippen molar-refractivity contribution in [1.29, 1.82) is 0 Å². The van der Waals surface area contributed by atoms with Gasteiger partial charge in [-0.25, -0.2) is 0 Å². The normalized spacial score (nSPS) is 21.3. The van der Waals surface area contributed by atoms with E-state index in [0.29, 0.717) is 5.41 Å². The molecule has 1 aliphatic rings. The fourth-order valence-electron chi connectivity index (χ4n) is 1.12. The monoisotopic (exact) mass is 159 g/mol. The Kier molecular flexibility index (Phi) is 3.30. The highest BCUT2D eigenvalue weighted by Crippen LogP contribution is 2.24.